The molecule has 0 radical (unpaired) electrons. The summed E-state index contributed by atoms with van der Waals surface area (Å²) in [5.41, 5.74) is 0. The molecule has 0 fully saturated rings. The van der Waals surface area contributed by atoms with Crippen LogP contribution in [0.15, 0.2) is 0 Å². The normalized spacial score (nSPS) is 14.8. The van der Waals surface area contributed by atoms with Gasteiger partial charge in [0.25, 0.3) is 0 Å². The smallest absolute Gasteiger partial charge is 0.142 e. The first-order valence-corrected chi connectivity index (χ1v) is 5.00. The van der Waals surface area contributed by atoms with Gasteiger partial charge >= 0.3 is 0 Å². The van der Waals surface area contributed by atoms with Crippen LogP contribution >= 0.6 is 0 Å². The zero-order chi connectivity index (χ0) is 9.61. The molecule has 0 bridgehead atoms. The van der Waals surface area contributed by atoms with Crippen LogP contribution in [-0.2, 0) is 0 Å². The van der Waals surface area contributed by atoms with Crippen molar-refractivity contribution in [3.05, 3.63) is 0 Å². The molecule has 74 valence electrons. The van der Waals surface area contributed by atoms with Gasteiger partial charge in [-0.25, -0.2) is 0 Å². The highest BCUT2D eigenvalue weighted by Gasteiger charge is 2.20. The number of hydrogen-bond acceptors (Lipinski definition) is 1. The van der Waals surface area contributed by atoms with Gasteiger partial charge in [0.05, 0.1) is 21.1 Å². The first kappa shape index (κ1) is 11.9. The summed E-state index contributed by atoms with van der Waals surface area (Å²) >= 11 is 0. The van der Waals surface area contributed by atoms with E-state index in [4.69, 9.17) is 0 Å². The predicted octanol–water partition coefficient (Wildman–Crippen LogP) is 1.82. The van der Waals surface area contributed by atoms with E-state index in [9.17, 15) is 0 Å². The molecule has 0 amide bonds. The number of unbranched alkanes of at least 4 members (excludes halogenated alkanes) is 2. The molecule has 1 unspecified atom stereocenters. The van der Waals surface area contributed by atoms with Crippen LogP contribution in [0.1, 0.15) is 32.6 Å². The third-order valence-electron chi connectivity index (χ3n) is 2.35. The summed E-state index contributed by atoms with van der Waals surface area (Å²) in [4.78, 5) is 0. The van der Waals surface area contributed by atoms with E-state index in [1.807, 2.05) is 0 Å². The molecule has 0 aromatic carbocycles. The second kappa shape index (κ2) is 5.55. The van der Waals surface area contributed by atoms with Gasteiger partial charge in [-0.1, -0.05) is 19.8 Å². The summed E-state index contributed by atoms with van der Waals surface area (Å²) in [5, 5.41) is 3.37. The molecule has 12 heavy (non-hydrogen) atoms. The molecule has 1 N–H and O–H groups in total. The fourth-order valence-electron chi connectivity index (χ4n) is 1.51. The number of rotatable bonds is 6. The Hall–Kier alpha value is -0.0800. The van der Waals surface area contributed by atoms with Gasteiger partial charge in [0.1, 0.15) is 6.17 Å². The van der Waals surface area contributed by atoms with Crippen molar-refractivity contribution >= 4 is 0 Å². The van der Waals surface area contributed by atoms with Gasteiger partial charge in [0, 0.05) is 6.42 Å². The topological polar surface area (TPSA) is 12.0 Å². The summed E-state index contributed by atoms with van der Waals surface area (Å²) in [6, 6.07) is 0. The number of hydrogen-bond donors (Lipinski definition) is 1. The molecule has 0 aromatic rings. The molecule has 0 saturated heterocycles. The third-order valence-corrected chi connectivity index (χ3v) is 2.35. The zero-order valence-corrected chi connectivity index (χ0v) is 9.35. The van der Waals surface area contributed by atoms with E-state index in [0.717, 1.165) is 4.48 Å². The van der Waals surface area contributed by atoms with Crippen LogP contribution in [0.25, 0.3) is 0 Å². The summed E-state index contributed by atoms with van der Waals surface area (Å²) in [6.45, 7) is 2.25. The highest BCUT2D eigenvalue weighted by Crippen LogP contribution is 2.09. The Morgan fingerprint density at radius 2 is 1.75 bits per heavy atom. The quantitative estimate of drug-likeness (QED) is 0.367. The van der Waals surface area contributed by atoms with Crippen molar-refractivity contribution in [1.29, 1.82) is 0 Å². The van der Waals surface area contributed by atoms with Gasteiger partial charge in [-0.05, 0) is 13.5 Å². The molecule has 0 heterocycles. The average Bonchev–Trinajstić information content (AvgIpc) is 1.95. The van der Waals surface area contributed by atoms with Gasteiger partial charge in [-0.15, -0.1) is 0 Å². The predicted molar refractivity (Wildman–Crippen MR) is 55.0 cm³/mol. The molecule has 2 heteroatoms. The second-order valence-electron chi connectivity index (χ2n) is 4.42. The molecule has 0 aliphatic carbocycles. The maximum absolute atomic E-state index is 3.37. The Balaban J connectivity index is 3.68. The van der Waals surface area contributed by atoms with Crippen LogP contribution in [0, 0.1) is 0 Å². The summed E-state index contributed by atoms with van der Waals surface area (Å²) in [6.07, 6.45) is 5.91. The highest BCUT2D eigenvalue weighted by molar-refractivity contribution is 4.52. The lowest BCUT2D eigenvalue weighted by Crippen LogP contribution is -2.52. The number of nitrogens with zero attached hydrogens (tertiary/aromatic N) is 1. The van der Waals surface area contributed by atoms with Crippen LogP contribution in [0.2, 0.25) is 0 Å². The molecular weight excluding hydrogens is 148 g/mol. The Morgan fingerprint density at radius 1 is 1.17 bits per heavy atom. The van der Waals surface area contributed by atoms with Crippen molar-refractivity contribution in [3.63, 3.8) is 0 Å². The van der Waals surface area contributed by atoms with E-state index in [1.165, 1.54) is 25.7 Å². The molecule has 0 aliphatic rings. The molecule has 2 nitrogen and oxygen atoms in total. The van der Waals surface area contributed by atoms with Gasteiger partial charge in [0.2, 0.25) is 0 Å². The van der Waals surface area contributed by atoms with Crippen LogP contribution < -0.4 is 5.32 Å². The fourth-order valence-corrected chi connectivity index (χ4v) is 1.51. The minimum atomic E-state index is 0.608. The molecule has 0 aliphatic heterocycles. The van der Waals surface area contributed by atoms with Gasteiger partial charge in [-0.3, -0.25) is 5.32 Å². The van der Waals surface area contributed by atoms with Gasteiger partial charge < -0.3 is 4.48 Å². The lowest BCUT2D eigenvalue weighted by atomic mass is 10.1. The molecular formula is C10H25N2+. The largest absolute Gasteiger partial charge is 0.316 e. The maximum atomic E-state index is 3.37. The minimum absolute atomic E-state index is 0.608. The Kier molecular flexibility index (Phi) is 5.51. The summed E-state index contributed by atoms with van der Waals surface area (Å²) in [5.74, 6) is 0. The Bertz CT molecular complexity index is 105. The van der Waals surface area contributed by atoms with Gasteiger partial charge in [-0.2, -0.15) is 0 Å². The van der Waals surface area contributed by atoms with Crippen molar-refractivity contribution in [2.45, 2.75) is 38.8 Å². The lowest BCUT2D eigenvalue weighted by molar-refractivity contribution is -0.899. The molecule has 0 saturated carbocycles. The van der Waals surface area contributed by atoms with Gasteiger partial charge in [0.15, 0.2) is 0 Å². The van der Waals surface area contributed by atoms with E-state index in [1.54, 1.807) is 0 Å². The molecule has 0 spiro atoms. The van der Waals surface area contributed by atoms with Crippen LogP contribution in [0.5, 0.6) is 0 Å². The number of nitrogens with one attached hydrogen (secondary N) is 1. The summed E-state index contributed by atoms with van der Waals surface area (Å²) < 4.78 is 1.01. The van der Waals surface area contributed by atoms with Crippen LogP contribution in [0.3, 0.4) is 0 Å². The standard InChI is InChI=1S/C10H25N2/c1-6-7-8-9-10(11-2)12(3,4)5/h10-11H,6-9H2,1-5H3/q+1. The monoisotopic (exact) mass is 173 g/mol. The molecule has 0 rings (SSSR count). The van der Waals surface area contributed by atoms with E-state index >= 15 is 0 Å². The van der Waals surface area contributed by atoms with Crippen LogP contribution in [0.4, 0.5) is 0 Å². The average molecular weight is 173 g/mol. The van der Waals surface area contributed by atoms with E-state index in [2.05, 4.69) is 40.4 Å². The van der Waals surface area contributed by atoms with Crippen molar-refractivity contribution in [2.75, 3.05) is 28.2 Å². The van der Waals surface area contributed by atoms with Crippen molar-refractivity contribution < 1.29 is 4.48 Å². The first-order chi connectivity index (χ1) is 5.52. The Morgan fingerprint density at radius 3 is 2.08 bits per heavy atom. The van der Waals surface area contributed by atoms with Crippen molar-refractivity contribution in [2.24, 2.45) is 0 Å². The highest BCUT2D eigenvalue weighted by atomic mass is 15.4. The maximum Gasteiger partial charge on any atom is 0.142 e. The van der Waals surface area contributed by atoms with E-state index in [0.29, 0.717) is 6.17 Å². The van der Waals surface area contributed by atoms with E-state index < -0.39 is 0 Å². The Labute approximate surface area is 77.5 Å². The lowest BCUT2D eigenvalue weighted by Gasteiger charge is -2.33. The van der Waals surface area contributed by atoms with Crippen LogP contribution in [-0.4, -0.2) is 38.8 Å². The molecule has 0 aromatic heterocycles. The summed E-state index contributed by atoms with van der Waals surface area (Å²) in [7, 11) is 8.79. The van der Waals surface area contributed by atoms with Crippen molar-refractivity contribution in [1.82, 2.24) is 5.32 Å². The second-order valence-corrected chi connectivity index (χ2v) is 4.42. The zero-order valence-electron chi connectivity index (χ0n) is 9.35. The third kappa shape index (κ3) is 4.73. The fraction of sp³-hybridized carbons (Fsp3) is 1.00. The first-order valence-electron chi connectivity index (χ1n) is 5.00. The minimum Gasteiger partial charge on any atom is -0.316 e. The SMILES string of the molecule is CCCCCC(NC)[N+](C)(C)C. The molecule has 1 atom stereocenters. The number of quaternary nitrogens is 1. The van der Waals surface area contributed by atoms with E-state index in [-0.39, 0.29) is 0 Å². The van der Waals surface area contributed by atoms with Crippen molar-refractivity contribution in [3.8, 4) is 0 Å².